The summed E-state index contributed by atoms with van der Waals surface area (Å²) < 4.78 is 5.54. The van der Waals surface area contributed by atoms with Gasteiger partial charge < -0.3 is 14.9 Å². The lowest BCUT2D eigenvalue weighted by molar-refractivity contribution is -0.174. The molecule has 0 heterocycles. The Bertz CT molecular complexity index is 885. The van der Waals surface area contributed by atoms with E-state index in [0.717, 1.165) is 37.7 Å². The highest BCUT2D eigenvalue weighted by atomic mass is 16.5. The van der Waals surface area contributed by atoms with E-state index >= 15 is 0 Å². The van der Waals surface area contributed by atoms with E-state index in [1.807, 2.05) is 30.3 Å². The first-order chi connectivity index (χ1) is 16.7. The summed E-state index contributed by atoms with van der Waals surface area (Å²) in [5.74, 6) is 3.04. The summed E-state index contributed by atoms with van der Waals surface area (Å²) in [5, 5.41) is 21.7. The number of carbonyl (C=O) groups is 1. The average Bonchev–Trinajstić information content (AvgIpc) is 3.20. The molecule has 35 heavy (non-hydrogen) atoms. The molecule has 10 atom stereocenters. The minimum Gasteiger partial charge on any atom is -0.461 e. The third-order valence-electron chi connectivity index (χ3n) is 11.5. The Morgan fingerprint density at radius 3 is 2.49 bits per heavy atom. The summed E-state index contributed by atoms with van der Waals surface area (Å²) in [6, 6.07) is 9.89. The van der Waals surface area contributed by atoms with E-state index in [2.05, 4.69) is 20.8 Å². The highest BCUT2D eigenvalue weighted by molar-refractivity contribution is 5.69. The van der Waals surface area contributed by atoms with Gasteiger partial charge in [-0.3, -0.25) is 4.79 Å². The summed E-state index contributed by atoms with van der Waals surface area (Å²) in [6.45, 7) is 7.68. The van der Waals surface area contributed by atoms with Crippen LogP contribution in [0.5, 0.6) is 0 Å². The van der Waals surface area contributed by atoms with Gasteiger partial charge >= 0.3 is 5.97 Å². The van der Waals surface area contributed by atoms with Gasteiger partial charge in [-0.1, -0.05) is 51.1 Å². The second kappa shape index (κ2) is 9.82. The molecule has 0 unspecified atom stereocenters. The summed E-state index contributed by atoms with van der Waals surface area (Å²) in [4.78, 5) is 12.4. The monoisotopic (exact) mass is 482 g/mol. The molecule has 0 aromatic heterocycles. The minimum absolute atomic E-state index is 0.0923. The largest absolute Gasteiger partial charge is 0.461 e. The normalized spacial score (nSPS) is 43.5. The zero-order chi connectivity index (χ0) is 24.8. The fourth-order valence-electron chi connectivity index (χ4n) is 9.53. The van der Waals surface area contributed by atoms with Gasteiger partial charge in [0.25, 0.3) is 0 Å². The van der Waals surface area contributed by atoms with Crippen LogP contribution in [0.2, 0.25) is 0 Å². The van der Waals surface area contributed by atoms with Crippen molar-refractivity contribution in [3.8, 4) is 0 Å². The molecule has 4 fully saturated rings. The third-order valence-corrected chi connectivity index (χ3v) is 11.5. The lowest BCUT2D eigenvalue weighted by atomic mass is 9.43. The molecular formula is C31H46O4. The van der Waals surface area contributed by atoms with Crippen molar-refractivity contribution in [1.82, 2.24) is 0 Å². The highest BCUT2D eigenvalue weighted by Crippen LogP contribution is 2.68. The van der Waals surface area contributed by atoms with Gasteiger partial charge in [0.2, 0.25) is 0 Å². The Balaban J connectivity index is 1.21. The number of hydrogen-bond acceptors (Lipinski definition) is 4. The molecule has 4 nitrogen and oxygen atoms in total. The number of benzene rings is 1. The van der Waals surface area contributed by atoms with Crippen LogP contribution in [0.25, 0.3) is 0 Å². The zero-order valence-electron chi connectivity index (χ0n) is 22.0. The smallest absolute Gasteiger partial charge is 0.306 e. The molecule has 4 aliphatic carbocycles. The van der Waals surface area contributed by atoms with Crippen molar-refractivity contribution >= 4 is 5.97 Å². The van der Waals surface area contributed by atoms with Crippen LogP contribution in [0.4, 0.5) is 0 Å². The average molecular weight is 483 g/mol. The van der Waals surface area contributed by atoms with Crippen LogP contribution in [-0.4, -0.2) is 28.4 Å². The molecule has 1 aromatic carbocycles. The first-order valence-electron chi connectivity index (χ1n) is 14.3. The van der Waals surface area contributed by atoms with E-state index in [4.69, 9.17) is 4.74 Å². The van der Waals surface area contributed by atoms with Crippen LogP contribution in [-0.2, 0) is 16.1 Å². The summed E-state index contributed by atoms with van der Waals surface area (Å²) in [6.07, 6.45) is 9.63. The van der Waals surface area contributed by atoms with E-state index in [1.165, 1.54) is 25.7 Å². The molecule has 4 heteroatoms. The topological polar surface area (TPSA) is 66.8 Å². The van der Waals surface area contributed by atoms with E-state index in [-0.39, 0.29) is 29.0 Å². The second-order valence-corrected chi connectivity index (χ2v) is 13.1. The summed E-state index contributed by atoms with van der Waals surface area (Å²) >= 11 is 0. The lowest BCUT2D eigenvalue weighted by Gasteiger charge is -2.62. The minimum atomic E-state index is -0.227. The Hall–Kier alpha value is -1.39. The van der Waals surface area contributed by atoms with Crippen molar-refractivity contribution in [3.05, 3.63) is 35.9 Å². The van der Waals surface area contributed by atoms with Gasteiger partial charge in [-0.2, -0.15) is 0 Å². The van der Waals surface area contributed by atoms with Gasteiger partial charge in [-0.15, -0.1) is 0 Å². The van der Waals surface area contributed by atoms with Crippen LogP contribution >= 0.6 is 0 Å². The molecule has 4 saturated carbocycles. The van der Waals surface area contributed by atoms with Crippen LogP contribution in [0, 0.1) is 46.3 Å². The standard InChI is InChI=1S/C31H46O4/c1-20(9-12-28(34)35-19-21-7-5-4-6-8-21)24-10-11-25-29-26(14-16-31(24,25)3)30(2)15-13-23(32)17-22(30)18-27(29)33/h4-8,20,22-27,29,32-33H,9-19H2,1-3H3/t20-,22-,23+,24+,25-,26-,27-,29-,30-,31+/m0/s1. The molecule has 0 bridgehead atoms. The predicted octanol–water partition coefficient (Wildman–Crippen LogP) is 6.14. The van der Waals surface area contributed by atoms with Crippen molar-refractivity contribution in [2.75, 3.05) is 0 Å². The summed E-state index contributed by atoms with van der Waals surface area (Å²) in [7, 11) is 0. The molecule has 0 radical (unpaired) electrons. The third kappa shape index (κ3) is 4.59. The van der Waals surface area contributed by atoms with Gasteiger partial charge in [0.05, 0.1) is 12.2 Å². The van der Waals surface area contributed by atoms with Crippen molar-refractivity contribution in [2.24, 2.45) is 46.3 Å². The molecule has 0 saturated heterocycles. The van der Waals surface area contributed by atoms with E-state index in [1.54, 1.807) is 0 Å². The number of carbonyl (C=O) groups excluding carboxylic acids is 1. The number of esters is 1. The lowest BCUT2D eigenvalue weighted by Crippen LogP contribution is -2.58. The maximum atomic E-state index is 12.4. The molecular weight excluding hydrogens is 436 g/mol. The fourth-order valence-corrected chi connectivity index (χ4v) is 9.53. The number of aliphatic hydroxyl groups is 2. The molecule has 2 N–H and O–H groups in total. The first-order valence-corrected chi connectivity index (χ1v) is 14.3. The van der Waals surface area contributed by atoms with Crippen molar-refractivity contribution in [2.45, 2.75) is 104 Å². The van der Waals surface area contributed by atoms with Crippen molar-refractivity contribution < 1.29 is 19.7 Å². The maximum Gasteiger partial charge on any atom is 0.306 e. The second-order valence-electron chi connectivity index (χ2n) is 13.1. The first kappa shape index (κ1) is 25.3. The quantitative estimate of drug-likeness (QED) is 0.478. The van der Waals surface area contributed by atoms with Crippen molar-refractivity contribution in [3.63, 3.8) is 0 Å². The molecule has 5 rings (SSSR count). The van der Waals surface area contributed by atoms with E-state index in [0.29, 0.717) is 48.5 Å². The maximum absolute atomic E-state index is 12.4. The SMILES string of the molecule is C[C@@H](CCC(=O)OCc1ccccc1)[C@H]1CC[C@H]2[C@@H]3[C@@H](O)C[C@@H]4C[C@H](O)CC[C@]4(C)[C@H]3CC[C@]12C. The highest BCUT2D eigenvalue weighted by Gasteiger charge is 2.62. The van der Waals surface area contributed by atoms with E-state index in [9.17, 15) is 15.0 Å². The van der Waals surface area contributed by atoms with Gasteiger partial charge in [-0.05, 0) is 110 Å². The van der Waals surface area contributed by atoms with Gasteiger partial charge in [0.1, 0.15) is 6.61 Å². The molecule has 4 aliphatic rings. The van der Waals surface area contributed by atoms with Crippen LogP contribution < -0.4 is 0 Å². The molecule has 194 valence electrons. The van der Waals surface area contributed by atoms with Gasteiger partial charge in [0, 0.05) is 6.42 Å². The number of hydrogen-bond donors (Lipinski definition) is 2. The molecule has 0 aliphatic heterocycles. The Kier molecular flexibility index (Phi) is 7.09. The number of aliphatic hydroxyl groups excluding tert-OH is 2. The number of ether oxygens (including phenoxy) is 1. The van der Waals surface area contributed by atoms with Crippen LogP contribution in [0.1, 0.15) is 90.5 Å². The molecule has 1 aromatic rings. The zero-order valence-corrected chi connectivity index (χ0v) is 22.0. The number of fused-ring (bicyclic) bond motifs is 5. The van der Waals surface area contributed by atoms with Gasteiger partial charge in [0.15, 0.2) is 0 Å². The fraction of sp³-hybridized carbons (Fsp3) is 0.774. The predicted molar refractivity (Wildman–Crippen MR) is 137 cm³/mol. The van der Waals surface area contributed by atoms with E-state index < -0.39 is 0 Å². The van der Waals surface area contributed by atoms with Crippen LogP contribution in [0.3, 0.4) is 0 Å². The van der Waals surface area contributed by atoms with Crippen LogP contribution in [0.15, 0.2) is 30.3 Å². The molecule has 0 amide bonds. The molecule has 0 spiro atoms. The van der Waals surface area contributed by atoms with Gasteiger partial charge in [-0.25, -0.2) is 0 Å². The summed E-state index contributed by atoms with van der Waals surface area (Å²) in [5.41, 5.74) is 1.56. The number of rotatable bonds is 6. The Labute approximate surface area is 211 Å². The Morgan fingerprint density at radius 1 is 1.00 bits per heavy atom. The van der Waals surface area contributed by atoms with Crippen molar-refractivity contribution in [1.29, 1.82) is 0 Å². The Morgan fingerprint density at radius 2 is 1.71 bits per heavy atom.